The highest BCUT2D eigenvalue weighted by Gasteiger charge is 2.24. The molecule has 0 saturated carbocycles. The van der Waals surface area contributed by atoms with Crippen molar-refractivity contribution >= 4 is 17.3 Å². The van der Waals surface area contributed by atoms with Gasteiger partial charge in [0.05, 0.1) is 30.6 Å². The Balaban J connectivity index is 1.94. The Morgan fingerprint density at radius 2 is 1.81 bits per heavy atom. The lowest BCUT2D eigenvalue weighted by molar-refractivity contribution is -0.00522. The van der Waals surface area contributed by atoms with Crippen LogP contribution in [0.25, 0.3) is 5.69 Å². The van der Waals surface area contributed by atoms with Gasteiger partial charge < -0.3 is 24.7 Å². The van der Waals surface area contributed by atoms with Gasteiger partial charge in [0.25, 0.3) is 0 Å². The van der Waals surface area contributed by atoms with Crippen LogP contribution in [0.15, 0.2) is 30.5 Å². The predicted octanol–water partition coefficient (Wildman–Crippen LogP) is 2.33. The van der Waals surface area contributed by atoms with Crippen LogP contribution in [0.4, 0.5) is 11.4 Å². The quantitative estimate of drug-likeness (QED) is 0.850. The first-order valence-corrected chi connectivity index (χ1v) is 8.44. The standard InChI is InChI=1S/C19H22N4O3/c1-12-9-22(10-13(2)26-12)15-4-6-16(7-5-15)23-11-14(8-20)17(21)18(23)19(24)25-3/h4-7,11-13H,9-10,21H2,1-3H3. The molecule has 1 aliphatic rings. The Morgan fingerprint density at radius 1 is 1.23 bits per heavy atom. The molecule has 0 aliphatic carbocycles. The van der Waals surface area contributed by atoms with Crippen LogP contribution in [0.2, 0.25) is 0 Å². The number of nitrogens with zero attached hydrogens (tertiary/aromatic N) is 3. The van der Waals surface area contributed by atoms with Crippen LogP contribution in [-0.4, -0.2) is 42.9 Å². The van der Waals surface area contributed by atoms with Gasteiger partial charge in [0.2, 0.25) is 0 Å². The van der Waals surface area contributed by atoms with Crippen LogP contribution in [0.1, 0.15) is 29.9 Å². The lowest BCUT2D eigenvalue weighted by Gasteiger charge is -2.36. The molecule has 2 heterocycles. The molecule has 2 unspecified atom stereocenters. The van der Waals surface area contributed by atoms with Gasteiger partial charge in [0, 0.05) is 30.7 Å². The van der Waals surface area contributed by atoms with Crippen molar-refractivity contribution in [2.24, 2.45) is 0 Å². The van der Waals surface area contributed by atoms with E-state index in [4.69, 9.17) is 15.2 Å². The maximum atomic E-state index is 12.1. The number of esters is 1. The molecule has 0 amide bonds. The number of nitriles is 1. The first kappa shape index (κ1) is 17.8. The molecule has 7 heteroatoms. The molecule has 1 aromatic heterocycles. The number of benzene rings is 1. The van der Waals surface area contributed by atoms with E-state index in [0.717, 1.165) is 24.5 Å². The molecular weight excluding hydrogens is 332 g/mol. The maximum absolute atomic E-state index is 12.1. The summed E-state index contributed by atoms with van der Waals surface area (Å²) in [7, 11) is 1.29. The van der Waals surface area contributed by atoms with Crippen molar-refractivity contribution in [3.63, 3.8) is 0 Å². The SMILES string of the molecule is COC(=O)c1c(N)c(C#N)cn1-c1ccc(N2CC(C)OC(C)C2)cc1. The lowest BCUT2D eigenvalue weighted by atomic mass is 10.2. The first-order valence-electron chi connectivity index (χ1n) is 8.44. The van der Waals surface area contributed by atoms with Crippen LogP contribution in [0.3, 0.4) is 0 Å². The Labute approximate surface area is 152 Å². The molecule has 0 bridgehead atoms. The average Bonchev–Trinajstić information content (AvgIpc) is 2.97. The Kier molecular flexibility index (Phi) is 4.87. The zero-order valence-corrected chi connectivity index (χ0v) is 15.1. The number of carbonyl (C=O) groups is 1. The van der Waals surface area contributed by atoms with E-state index in [0.29, 0.717) is 0 Å². The predicted molar refractivity (Wildman–Crippen MR) is 98.5 cm³/mol. The number of hydrogen-bond donors (Lipinski definition) is 1. The summed E-state index contributed by atoms with van der Waals surface area (Å²) in [6.07, 6.45) is 1.90. The number of rotatable bonds is 3. The molecule has 2 aromatic rings. The molecule has 1 aromatic carbocycles. The van der Waals surface area contributed by atoms with Crippen molar-refractivity contribution in [2.75, 3.05) is 30.8 Å². The van der Waals surface area contributed by atoms with E-state index in [-0.39, 0.29) is 29.2 Å². The van der Waals surface area contributed by atoms with Crippen molar-refractivity contribution in [3.8, 4) is 11.8 Å². The van der Waals surface area contributed by atoms with Gasteiger partial charge >= 0.3 is 5.97 Å². The summed E-state index contributed by atoms with van der Waals surface area (Å²) in [5, 5.41) is 9.21. The number of nitrogens with two attached hydrogens (primary N) is 1. The number of aromatic nitrogens is 1. The summed E-state index contributed by atoms with van der Waals surface area (Å²) in [4.78, 5) is 14.4. The summed E-state index contributed by atoms with van der Waals surface area (Å²) in [5.74, 6) is -0.580. The third kappa shape index (κ3) is 3.24. The summed E-state index contributed by atoms with van der Waals surface area (Å²) in [6, 6.07) is 9.77. The first-order chi connectivity index (χ1) is 12.4. The lowest BCUT2D eigenvalue weighted by Crippen LogP contribution is -2.45. The summed E-state index contributed by atoms with van der Waals surface area (Å²) < 4.78 is 12.2. The fraction of sp³-hybridized carbons (Fsp3) is 0.368. The molecule has 136 valence electrons. The summed E-state index contributed by atoms with van der Waals surface area (Å²) in [5.41, 5.74) is 8.28. The highest BCUT2D eigenvalue weighted by atomic mass is 16.5. The topological polar surface area (TPSA) is 93.5 Å². The Hall–Kier alpha value is -2.98. The zero-order chi connectivity index (χ0) is 18.8. The van der Waals surface area contributed by atoms with Crippen molar-refractivity contribution < 1.29 is 14.3 Å². The smallest absolute Gasteiger partial charge is 0.357 e. The molecule has 0 spiro atoms. The van der Waals surface area contributed by atoms with Crippen molar-refractivity contribution in [1.29, 1.82) is 5.26 Å². The third-order valence-corrected chi connectivity index (χ3v) is 4.46. The zero-order valence-electron chi connectivity index (χ0n) is 15.1. The minimum Gasteiger partial charge on any atom is -0.464 e. The van der Waals surface area contributed by atoms with Crippen LogP contribution < -0.4 is 10.6 Å². The van der Waals surface area contributed by atoms with E-state index in [1.54, 1.807) is 10.8 Å². The van der Waals surface area contributed by atoms with Gasteiger partial charge in [-0.25, -0.2) is 4.79 Å². The van der Waals surface area contributed by atoms with Gasteiger partial charge in [-0.1, -0.05) is 0 Å². The number of hydrogen-bond acceptors (Lipinski definition) is 6. The minimum atomic E-state index is -0.580. The van der Waals surface area contributed by atoms with E-state index in [2.05, 4.69) is 18.7 Å². The second-order valence-electron chi connectivity index (χ2n) is 6.46. The van der Waals surface area contributed by atoms with Crippen LogP contribution in [-0.2, 0) is 9.47 Å². The average molecular weight is 354 g/mol. The fourth-order valence-corrected chi connectivity index (χ4v) is 3.33. The highest BCUT2D eigenvalue weighted by Crippen LogP contribution is 2.27. The number of nitrogen functional groups attached to an aromatic ring is 1. The van der Waals surface area contributed by atoms with Crippen molar-refractivity contribution in [3.05, 3.63) is 41.7 Å². The highest BCUT2D eigenvalue weighted by molar-refractivity contribution is 5.95. The van der Waals surface area contributed by atoms with Gasteiger partial charge in [-0.3, -0.25) is 0 Å². The molecule has 2 N–H and O–H groups in total. The fourth-order valence-electron chi connectivity index (χ4n) is 3.33. The Morgan fingerprint density at radius 3 is 2.35 bits per heavy atom. The van der Waals surface area contributed by atoms with Crippen LogP contribution in [0.5, 0.6) is 0 Å². The monoisotopic (exact) mass is 354 g/mol. The van der Waals surface area contributed by atoms with Crippen LogP contribution >= 0.6 is 0 Å². The number of anilines is 2. The normalized spacial score (nSPS) is 19.8. The van der Waals surface area contributed by atoms with E-state index in [1.807, 2.05) is 30.3 Å². The van der Waals surface area contributed by atoms with Crippen molar-refractivity contribution in [2.45, 2.75) is 26.1 Å². The molecule has 1 fully saturated rings. The number of morpholine rings is 1. The molecule has 2 atom stereocenters. The van der Waals surface area contributed by atoms with Gasteiger partial charge in [-0.05, 0) is 38.1 Å². The molecule has 26 heavy (non-hydrogen) atoms. The van der Waals surface area contributed by atoms with E-state index in [1.165, 1.54) is 7.11 Å². The maximum Gasteiger partial charge on any atom is 0.357 e. The molecule has 1 saturated heterocycles. The Bertz CT molecular complexity index is 841. The minimum absolute atomic E-state index is 0.124. The number of methoxy groups -OCH3 is 1. The van der Waals surface area contributed by atoms with Gasteiger partial charge in [0.15, 0.2) is 5.69 Å². The molecule has 7 nitrogen and oxygen atoms in total. The second-order valence-corrected chi connectivity index (χ2v) is 6.46. The molecule has 3 rings (SSSR count). The largest absolute Gasteiger partial charge is 0.464 e. The number of ether oxygens (including phenoxy) is 2. The third-order valence-electron chi connectivity index (χ3n) is 4.46. The van der Waals surface area contributed by atoms with Gasteiger partial charge in [0.1, 0.15) is 6.07 Å². The summed E-state index contributed by atoms with van der Waals surface area (Å²) in [6.45, 7) is 5.77. The number of carbonyl (C=O) groups excluding carboxylic acids is 1. The van der Waals surface area contributed by atoms with E-state index < -0.39 is 5.97 Å². The van der Waals surface area contributed by atoms with E-state index in [9.17, 15) is 10.1 Å². The van der Waals surface area contributed by atoms with Crippen LogP contribution in [0, 0.1) is 11.3 Å². The molecular formula is C19H22N4O3. The van der Waals surface area contributed by atoms with Gasteiger partial charge in [-0.15, -0.1) is 0 Å². The molecule has 0 radical (unpaired) electrons. The van der Waals surface area contributed by atoms with Gasteiger partial charge in [-0.2, -0.15) is 5.26 Å². The molecule has 1 aliphatic heterocycles. The van der Waals surface area contributed by atoms with E-state index >= 15 is 0 Å². The van der Waals surface area contributed by atoms with Crippen molar-refractivity contribution in [1.82, 2.24) is 4.57 Å². The second kappa shape index (κ2) is 7.10. The summed E-state index contributed by atoms with van der Waals surface area (Å²) >= 11 is 0.